The molecule has 94 valence electrons. The first-order chi connectivity index (χ1) is 6.82. The van der Waals surface area contributed by atoms with Gasteiger partial charge in [-0.2, -0.15) is 0 Å². The molecule has 17 heavy (non-hydrogen) atoms. The minimum Gasteiger partial charge on any atom is -0.388 e. The van der Waals surface area contributed by atoms with Crippen LogP contribution in [0.25, 0.3) is 0 Å². The molecule has 0 bridgehead atoms. The Morgan fingerprint density at radius 3 is 1.82 bits per heavy atom. The van der Waals surface area contributed by atoms with Crippen LogP contribution in [0.5, 0.6) is 0 Å². The van der Waals surface area contributed by atoms with Gasteiger partial charge >= 0.3 is 0 Å². The molecule has 0 aromatic heterocycles. The molecule has 2 unspecified atom stereocenters. The van der Waals surface area contributed by atoms with Gasteiger partial charge in [-0.1, -0.05) is 0 Å². The Morgan fingerprint density at radius 1 is 1.18 bits per heavy atom. The molecule has 0 fully saturated rings. The number of rotatable bonds is 5. The molecule has 0 aliphatic rings. The predicted molar refractivity (Wildman–Crippen MR) is 55.2 cm³/mol. The number of likely N-dealkylation sites (N-methyl/N-ethyl adjacent to an activating group) is 1. The number of aliphatic hydroxyl groups is 2. The fraction of sp³-hybridized carbons (Fsp3) is 0.800. The number of ketones is 1. The van der Waals surface area contributed by atoms with Gasteiger partial charge < -0.3 is 15.1 Å². The van der Waals surface area contributed by atoms with Crippen molar-refractivity contribution in [2.24, 2.45) is 0 Å². The summed E-state index contributed by atoms with van der Waals surface area (Å²) in [6.07, 6.45) is -2.68. The third-order valence-corrected chi connectivity index (χ3v) is 2.47. The van der Waals surface area contributed by atoms with Crippen molar-refractivity contribution in [3.8, 4) is 0 Å². The van der Waals surface area contributed by atoms with Crippen molar-refractivity contribution in [1.82, 2.24) is 4.90 Å². The van der Waals surface area contributed by atoms with Gasteiger partial charge in [0.05, 0.1) is 6.04 Å². The van der Waals surface area contributed by atoms with Gasteiger partial charge in [0.1, 0.15) is 12.2 Å². The molecular weight excluding hydrogens is 652 g/mol. The molecule has 0 aromatic rings. The average molecular weight is 671 g/mol. The molecule has 5 nitrogen and oxygen atoms in total. The van der Waals surface area contributed by atoms with Gasteiger partial charge in [-0.15, -0.1) is 0 Å². The molecule has 1 amide bonds. The van der Waals surface area contributed by atoms with Crippen LogP contribution in [0, 0.1) is 88.1 Å². The van der Waals surface area contributed by atoms with Gasteiger partial charge in [0.2, 0.25) is 5.91 Å². The summed E-state index contributed by atoms with van der Waals surface area (Å²) < 4.78 is 0. The molecule has 2 radical (unpaired) electrons. The van der Waals surface area contributed by atoms with E-state index >= 15 is 0 Å². The molecule has 0 rings (SSSR count). The Morgan fingerprint density at radius 2 is 1.59 bits per heavy atom. The van der Waals surface area contributed by atoms with E-state index in [1.807, 2.05) is 0 Å². The van der Waals surface area contributed by atoms with E-state index in [0.717, 1.165) is 0 Å². The zero-order valence-corrected chi connectivity index (χ0v) is 20.2. The number of nitrogens with zero attached hydrogens (tertiary/aromatic N) is 1. The molecule has 0 aliphatic heterocycles. The van der Waals surface area contributed by atoms with E-state index in [4.69, 9.17) is 0 Å². The molecule has 2 N–H and O–H groups in total. The number of carbonyl (C=O) groups excluding carboxylic acids is 2. The van der Waals surface area contributed by atoms with Crippen molar-refractivity contribution >= 4 is 11.7 Å². The second-order valence-electron chi connectivity index (χ2n) is 3.59. The summed E-state index contributed by atoms with van der Waals surface area (Å²) in [5.41, 5.74) is 0. The van der Waals surface area contributed by atoms with Crippen molar-refractivity contribution in [3.63, 3.8) is 0 Å². The number of hydrogen-bond acceptors (Lipinski definition) is 4. The third-order valence-electron chi connectivity index (χ3n) is 2.47. The van der Waals surface area contributed by atoms with Crippen LogP contribution in [0.2, 0.25) is 0 Å². The summed E-state index contributed by atoms with van der Waals surface area (Å²) >= 11 is 0. The van der Waals surface area contributed by atoms with Gasteiger partial charge in [0, 0.05) is 102 Å². The van der Waals surface area contributed by atoms with Crippen LogP contribution in [0.15, 0.2) is 0 Å². The van der Waals surface area contributed by atoms with Gasteiger partial charge in [-0.05, 0) is 20.8 Å². The molecule has 0 aliphatic carbocycles. The van der Waals surface area contributed by atoms with Crippen LogP contribution >= 0.6 is 0 Å². The second kappa shape index (κ2) is 11.7. The SMILES string of the molecule is CCN(C(C)=O)[C@@H](C)C(O)C(O)C(C)=O.[Ac].[Ac]. The fourth-order valence-corrected chi connectivity index (χ4v) is 1.49. The minimum absolute atomic E-state index is 0. The maximum absolute atomic E-state index is 11.2. The molecule has 0 saturated carbocycles. The molecule has 0 spiro atoms. The van der Waals surface area contributed by atoms with E-state index in [2.05, 4.69) is 0 Å². The first kappa shape index (κ1) is 24.0. The number of hydrogen-bond donors (Lipinski definition) is 2. The van der Waals surface area contributed by atoms with Gasteiger partial charge in [0.15, 0.2) is 5.78 Å². The minimum atomic E-state index is -1.44. The number of aliphatic hydroxyl groups excluding tert-OH is 2. The number of carbonyl (C=O) groups is 2. The molecule has 0 saturated heterocycles. The maximum Gasteiger partial charge on any atom is 0.219 e. The Balaban J connectivity index is -0.000000980. The number of Topliss-reactive ketones (excluding diaryl/α,β-unsaturated/α-hetero) is 1. The topological polar surface area (TPSA) is 77.8 Å². The molecular formula is C10H19Ac2NO4. The summed E-state index contributed by atoms with van der Waals surface area (Å²) in [6, 6.07) is -0.577. The Bertz CT molecular complexity index is 250. The van der Waals surface area contributed by atoms with E-state index in [-0.39, 0.29) is 94.0 Å². The van der Waals surface area contributed by atoms with Crippen molar-refractivity contribution < 1.29 is 108 Å². The first-order valence-corrected chi connectivity index (χ1v) is 4.96. The standard InChI is InChI=1S/C10H19NO4.2Ac/c1-5-11(8(4)13)6(2)9(14)10(15)7(3)12;;/h6,9-10,14-15H,5H2,1-4H3;;/t6-,9?,10?;;/m0../s1. The van der Waals surface area contributed by atoms with Gasteiger partial charge in [-0.3, -0.25) is 9.59 Å². The van der Waals surface area contributed by atoms with Crippen LogP contribution in [-0.2, 0) is 9.59 Å². The van der Waals surface area contributed by atoms with Crippen LogP contribution in [0.3, 0.4) is 0 Å². The van der Waals surface area contributed by atoms with Crippen molar-refractivity contribution in [2.45, 2.75) is 45.9 Å². The van der Waals surface area contributed by atoms with E-state index in [9.17, 15) is 19.8 Å². The maximum atomic E-state index is 11.2. The Hall–Kier alpha value is 1.94. The summed E-state index contributed by atoms with van der Waals surface area (Å²) in [7, 11) is 0. The largest absolute Gasteiger partial charge is 0.388 e. The van der Waals surface area contributed by atoms with E-state index in [1.54, 1.807) is 13.8 Å². The predicted octanol–water partition coefficient (Wildman–Crippen LogP) is -0.446. The van der Waals surface area contributed by atoms with Gasteiger partial charge in [0.25, 0.3) is 0 Å². The number of amides is 1. The normalized spacial score (nSPS) is 14.7. The average Bonchev–Trinajstić information content (AvgIpc) is 2.15. The zero-order valence-electron chi connectivity index (χ0n) is 10.8. The Labute approximate surface area is 174 Å². The van der Waals surface area contributed by atoms with Crippen LogP contribution in [0.4, 0.5) is 0 Å². The quantitative estimate of drug-likeness (QED) is 0.416. The van der Waals surface area contributed by atoms with Crippen molar-refractivity contribution in [3.05, 3.63) is 0 Å². The Kier molecular flexibility index (Phi) is 16.6. The van der Waals surface area contributed by atoms with Crippen LogP contribution in [0.1, 0.15) is 27.7 Å². The molecule has 7 heteroatoms. The van der Waals surface area contributed by atoms with E-state index < -0.39 is 24.0 Å². The summed E-state index contributed by atoms with van der Waals surface area (Å²) in [5, 5.41) is 19.0. The second-order valence-corrected chi connectivity index (χ2v) is 3.59. The van der Waals surface area contributed by atoms with E-state index in [1.165, 1.54) is 18.7 Å². The summed E-state index contributed by atoms with van der Waals surface area (Å²) in [6.45, 7) is 6.38. The fourth-order valence-electron chi connectivity index (χ4n) is 1.49. The van der Waals surface area contributed by atoms with E-state index in [0.29, 0.717) is 6.54 Å². The monoisotopic (exact) mass is 671 g/mol. The summed E-state index contributed by atoms with van der Waals surface area (Å²) in [4.78, 5) is 23.4. The van der Waals surface area contributed by atoms with Crippen LogP contribution < -0.4 is 0 Å². The zero-order chi connectivity index (χ0) is 12.2. The molecule has 3 atom stereocenters. The third kappa shape index (κ3) is 7.96. The smallest absolute Gasteiger partial charge is 0.219 e. The molecule has 0 aromatic carbocycles. The van der Waals surface area contributed by atoms with Crippen molar-refractivity contribution in [2.75, 3.05) is 6.54 Å². The first-order valence-electron chi connectivity index (χ1n) is 4.96. The van der Waals surface area contributed by atoms with Crippen molar-refractivity contribution in [1.29, 1.82) is 0 Å². The van der Waals surface area contributed by atoms with Crippen LogP contribution in [-0.4, -0.2) is 51.6 Å². The van der Waals surface area contributed by atoms with Gasteiger partial charge in [-0.25, -0.2) is 0 Å². The summed E-state index contributed by atoms with van der Waals surface area (Å²) in [5.74, 6) is -0.700. The molecule has 0 heterocycles.